The molecule has 24 heavy (non-hydrogen) atoms. The van der Waals surface area contributed by atoms with Crippen LogP contribution in [0.5, 0.6) is 5.75 Å². The Balaban J connectivity index is 1.93. The second-order valence-corrected chi connectivity index (χ2v) is 6.02. The van der Waals surface area contributed by atoms with Crippen molar-refractivity contribution in [1.29, 1.82) is 0 Å². The fourth-order valence-corrected chi connectivity index (χ4v) is 2.65. The third-order valence-corrected chi connectivity index (χ3v) is 4.11. The normalized spacial score (nSPS) is 15.3. The van der Waals surface area contributed by atoms with Crippen LogP contribution >= 0.6 is 0 Å². The maximum atomic E-state index is 12.6. The lowest BCUT2D eigenvalue weighted by atomic mass is 10.1. The van der Waals surface area contributed by atoms with Gasteiger partial charge in [-0.05, 0) is 50.8 Å². The van der Waals surface area contributed by atoms with Crippen molar-refractivity contribution in [3.63, 3.8) is 0 Å². The molecule has 1 aromatic rings. The first-order valence-electron chi connectivity index (χ1n) is 8.16. The molecule has 0 aliphatic carbocycles. The van der Waals surface area contributed by atoms with Gasteiger partial charge >= 0.3 is 0 Å². The number of aryl methyl sites for hydroxylation is 2. The number of hydrogen-bond acceptors (Lipinski definition) is 3. The number of carbonyl (C=O) groups is 2. The monoisotopic (exact) mass is 328 g/mol. The molecular formula is C19H24N2O3. The molecule has 5 nitrogen and oxygen atoms in total. The lowest BCUT2D eigenvalue weighted by molar-refractivity contribution is -0.142. The van der Waals surface area contributed by atoms with E-state index in [0.717, 1.165) is 16.9 Å². The molecule has 0 radical (unpaired) electrons. The Bertz CT molecular complexity index is 680. The summed E-state index contributed by atoms with van der Waals surface area (Å²) in [6, 6.07) is 5.95. The predicted molar refractivity (Wildman–Crippen MR) is 92.6 cm³/mol. The van der Waals surface area contributed by atoms with Crippen LogP contribution in [-0.4, -0.2) is 53.9 Å². The highest BCUT2D eigenvalue weighted by atomic mass is 16.5. The number of amides is 2. The summed E-state index contributed by atoms with van der Waals surface area (Å²) in [4.78, 5) is 27.7. The van der Waals surface area contributed by atoms with Crippen molar-refractivity contribution in [2.24, 2.45) is 0 Å². The molecule has 1 atom stereocenters. The van der Waals surface area contributed by atoms with Gasteiger partial charge in [-0.25, -0.2) is 0 Å². The van der Waals surface area contributed by atoms with E-state index in [1.807, 2.05) is 32.0 Å². The molecule has 1 aliphatic rings. The third-order valence-electron chi connectivity index (χ3n) is 4.11. The van der Waals surface area contributed by atoms with Crippen molar-refractivity contribution in [3.05, 3.63) is 29.3 Å². The molecule has 0 aromatic heterocycles. The van der Waals surface area contributed by atoms with Crippen molar-refractivity contribution in [2.45, 2.75) is 33.8 Å². The summed E-state index contributed by atoms with van der Waals surface area (Å²) in [6.07, 6.45) is -0.553. The minimum Gasteiger partial charge on any atom is -0.481 e. The van der Waals surface area contributed by atoms with E-state index in [1.54, 1.807) is 23.6 Å². The molecule has 0 spiro atoms. The average molecular weight is 328 g/mol. The molecule has 1 fully saturated rings. The van der Waals surface area contributed by atoms with Crippen LogP contribution in [0.2, 0.25) is 0 Å². The molecule has 0 saturated carbocycles. The zero-order valence-electron chi connectivity index (χ0n) is 14.8. The van der Waals surface area contributed by atoms with Gasteiger partial charge in [0.2, 0.25) is 0 Å². The van der Waals surface area contributed by atoms with E-state index in [1.165, 1.54) is 0 Å². The highest BCUT2D eigenvalue weighted by Crippen LogP contribution is 2.21. The van der Waals surface area contributed by atoms with Crippen LogP contribution in [0.1, 0.15) is 25.0 Å². The molecule has 1 unspecified atom stereocenters. The average Bonchev–Trinajstić information content (AvgIpc) is 2.57. The van der Waals surface area contributed by atoms with Gasteiger partial charge in [0, 0.05) is 26.2 Å². The highest BCUT2D eigenvalue weighted by molar-refractivity contribution is 5.93. The van der Waals surface area contributed by atoms with Crippen molar-refractivity contribution in [1.82, 2.24) is 9.80 Å². The van der Waals surface area contributed by atoms with Crippen molar-refractivity contribution < 1.29 is 14.3 Å². The first-order chi connectivity index (χ1) is 11.4. The Labute approximate surface area is 143 Å². The maximum absolute atomic E-state index is 12.6. The fourth-order valence-electron chi connectivity index (χ4n) is 2.65. The topological polar surface area (TPSA) is 49.9 Å². The van der Waals surface area contributed by atoms with E-state index >= 15 is 0 Å². The standard InChI is InChI=1S/C19H24N2O3/c1-5-6-18(22)20-9-11-21(12-10-20)19(23)16(4)24-17-13-14(2)7-8-15(17)3/h7-8,13,16H,9-12H2,1-4H3. The van der Waals surface area contributed by atoms with Gasteiger partial charge in [0.25, 0.3) is 11.8 Å². The van der Waals surface area contributed by atoms with Crippen molar-refractivity contribution in [3.8, 4) is 17.6 Å². The predicted octanol–water partition coefficient (Wildman–Crippen LogP) is 1.76. The second kappa shape index (κ2) is 7.87. The zero-order valence-corrected chi connectivity index (χ0v) is 14.8. The molecule has 0 N–H and O–H groups in total. The minimum atomic E-state index is -0.553. The van der Waals surface area contributed by atoms with Gasteiger partial charge in [0.1, 0.15) is 5.75 Å². The van der Waals surface area contributed by atoms with E-state index < -0.39 is 6.10 Å². The van der Waals surface area contributed by atoms with E-state index in [9.17, 15) is 9.59 Å². The summed E-state index contributed by atoms with van der Waals surface area (Å²) in [7, 11) is 0. The van der Waals surface area contributed by atoms with Gasteiger partial charge in [-0.15, -0.1) is 0 Å². The molecule has 1 aliphatic heterocycles. The number of ether oxygens (including phenoxy) is 1. The minimum absolute atomic E-state index is 0.0513. The molecule has 128 valence electrons. The lowest BCUT2D eigenvalue weighted by Crippen LogP contribution is -2.53. The molecule has 1 saturated heterocycles. The van der Waals surface area contributed by atoms with E-state index in [-0.39, 0.29) is 11.8 Å². The van der Waals surface area contributed by atoms with Gasteiger partial charge in [-0.2, -0.15) is 0 Å². The summed E-state index contributed by atoms with van der Waals surface area (Å²) >= 11 is 0. The maximum Gasteiger partial charge on any atom is 0.298 e. The number of rotatable bonds is 3. The number of piperazine rings is 1. The van der Waals surface area contributed by atoms with Gasteiger partial charge in [-0.3, -0.25) is 9.59 Å². The Kier molecular flexibility index (Phi) is 5.86. The van der Waals surface area contributed by atoms with Crippen LogP contribution < -0.4 is 4.74 Å². The number of hydrogen-bond donors (Lipinski definition) is 0. The van der Waals surface area contributed by atoms with Gasteiger partial charge < -0.3 is 14.5 Å². The fraction of sp³-hybridized carbons (Fsp3) is 0.474. The molecule has 0 bridgehead atoms. The smallest absolute Gasteiger partial charge is 0.298 e. The molecule has 2 rings (SSSR count). The van der Waals surface area contributed by atoms with Crippen LogP contribution in [0.3, 0.4) is 0 Å². The SMILES string of the molecule is CC#CC(=O)N1CCN(C(=O)C(C)Oc2cc(C)ccc2C)CC1. The second-order valence-electron chi connectivity index (χ2n) is 6.02. The molecule has 2 amide bonds. The van der Waals surface area contributed by atoms with E-state index in [0.29, 0.717) is 26.2 Å². The van der Waals surface area contributed by atoms with Gasteiger partial charge in [0.05, 0.1) is 0 Å². The number of nitrogens with zero attached hydrogens (tertiary/aromatic N) is 2. The molecule has 1 heterocycles. The Hall–Kier alpha value is -2.48. The molecule has 5 heteroatoms. The Morgan fingerprint density at radius 2 is 1.75 bits per heavy atom. The first-order valence-corrected chi connectivity index (χ1v) is 8.16. The lowest BCUT2D eigenvalue weighted by Gasteiger charge is -2.35. The Morgan fingerprint density at radius 3 is 2.38 bits per heavy atom. The van der Waals surface area contributed by atoms with Crippen LogP contribution in [-0.2, 0) is 9.59 Å². The summed E-state index contributed by atoms with van der Waals surface area (Å²) in [6.45, 7) is 9.41. The van der Waals surface area contributed by atoms with Crippen molar-refractivity contribution in [2.75, 3.05) is 26.2 Å². The quantitative estimate of drug-likeness (QED) is 0.795. The van der Waals surface area contributed by atoms with Crippen LogP contribution in [0.25, 0.3) is 0 Å². The summed E-state index contributed by atoms with van der Waals surface area (Å²) in [5, 5.41) is 0. The summed E-state index contributed by atoms with van der Waals surface area (Å²) < 4.78 is 5.86. The zero-order chi connectivity index (χ0) is 17.7. The summed E-state index contributed by atoms with van der Waals surface area (Å²) in [5.41, 5.74) is 2.10. The van der Waals surface area contributed by atoms with Gasteiger partial charge in [-0.1, -0.05) is 18.1 Å². The van der Waals surface area contributed by atoms with Crippen LogP contribution in [0.15, 0.2) is 18.2 Å². The molecule has 1 aromatic carbocycles. The molecular weight excluding hydrogens is 304 g/mol. The van der Waals surface area contributed by atoms with Crippen molar-refractivity contribution >= 4 is 11.8 Å². The first kappa shape index (κ1) is 17.9. The van der Waals surface area contributed by atoms with Crippen LogP contribution in [0, 0.1) is 25.7 Å². The largest absolute Gasteiger partial charge is 0.481 e. The third kappa shape index (κ3) is 4.29. The van der Waals surface area contributed by atoms with E-state index in [4.69, 9.17) is 4.74 Å². The van der Waals surface area contributed by atoms with Crippen LogP contribution in [0.4, 0.5) is 0 Å². The highest BCUT2D eigenvalue weighted by Gasteiger charge is 2.27. The van der Waals surface area contributed by atoms with Gasteiger partial charge in [0.15, 0.2) is 6.10 Å². The number of benzene rings is 1. The van der Waals surface area contributed by atoms with E-state index in [2.05, 4.69) is 11.8 Å². The number of carbonyl (C=O) groups excluding carboxylic acids is 2. The Morgan fingerprint density at radius 1 is 1.12 bits per heavy atom. The summed E-state index contributed by atoms with van der Waals surface area (Å²) in [5.74, 6) is 5.66.